The predicted octanol–water partition coefficient (Wildman–Crippen LogP) is 3.02. The van der Waals surface area contributed by atoms with Crippen LogP contribution in [0.25, 0.3) is 0 Å². The molecule has 3 rings (SSSR count). The van der Waals surface area contributed by atoms with E-state index in [4.69, 9.17) is 5.11 Å². The first-order valence-corrected chi connectivity index (χ1v) is 7.98. The first kappa shape index (κ1) is 15.6. The van der Waals surface area contributed by atoms with Gasteiger partial charge in [0.25, 0.3) is 0 Å². The van der Waals surface area contributed by atoms with Gasteiger partial charge in [0, 0.05) is 38.4 Å². The lowest BCUT2D eigenvalue weighted by Crippen LogP contribution is -2.46. The molecule has 2 aromatic carbocycles. The number of piperazine rings is 1. The highest BCUT2D eigenvalue weighted by molar-refractivity contribution is 5.87. The number of carbonyl (C=O) groups is 1. The van der Waals surface area contributed by atoms with E-state index in [2.05, 4.69) is 41.0 Å². The van der Waals surface area contributed by atoms with Crippen LogP contribution in [0.1, 0.15) is 21.5 Å². The number of aryl methyl sites for hydroxylation is 1. The number of benzene rings is 2. The predicted molar refractivity (Wildman–Crippen MR) is 92.1 cm³/mol. The second kappa shape index (κ2) is 6.84. The smallest absolute Gasteiger partial charge is 0.335 e. The van der Waals surface area contributed by atoms with Crippen LogP contribution >= 0.6 is 0 Å². The Morgan fingerprint density at radius 2 is 1.65 bits per heavy atom. The van der Waals surface area contributed by atoms with Gasteiger partial charge in [-0.05, 0) is 36.2 Å². The van der Waals surface area contributed by atoms with Gasteiger partial charge in [0.2, 0.25) is 0 Å². The quantitative estimate of drug-likeness (QED) is 0.943. The Kier molecular flexibility index (Phi) is 4.63. The lowest BCUT2D eigenvalue weighted by Gasteiger charge is -2.36. The largest absolute Gasteiger partial charge is 0.478 e. The first-order valence-electron chi connectivity index (χ1n) is 7.98. The second-order valence-electron chi connectivity index (χ2n) is 6.05. The fourth-order valence-electron chi connectivity index (χ4n) is 3.08. The summed E-state index contributed by atoms with van der Waals surface area (Å²) in [5.74, 6) is -0.872. The molecule has 0 aromatic heterocycles. The number of carboxylic acid groups (broad SMARTS) is 1. The Morgan fingerprint density at radius 1 is 1.00 bits per heavy atom. The van der Waals surface area contributed by atoms with Gasteiger partial charge in [-0.3, -0.25) is 4.90 Å². The third-order valence-corrected chi connectivity index (χ3v) is 4.44. The van der Waals surface area contributed by atoms with Crippen molar-refractivity contribution in [3.63, 3.8) is 0 Å². The summed E-state index contributed by atoms with van der Waals surface area (Å²) >= 11 is 0. The fourth-order valence-corrected chi connectivity index (χ4v) is 3.08. The van der Waals surface area contributed by atoms with Gasteiger partial charge in [0.05, 0.1) is 5.56 Å². The fraction of sp³-hybridized carbons (Fsp3) is 0.316. The van der Waals surface area contributed by atoms with Crippen LogP contribution in [-0.4, -0.2) is 42.2 Å². The van der Waals surface area contributed by atoms with E-state index in [1.165, 1.54) is 16.8 Å². The SMILES string of the molecule is Cc1ccccc1N1CCN(Cc2ccc(C(=O)O)cc2)CC1. The van der Waals surface area contributed by atoms with E-state index in [-0.39, 0.29) is 0 Å². The average molecular weight is 310 g/mol. The highest BCUT2D eigenvalue weighted by Crippen LogP contribution is 2.21. The van der Waals surface area contributed by atoms with Crippen LogP contribution in [0.15, 0.2) is 48.5 Å². The van der Waals surface area contributed by atoms with Crippen LogP contribution in [0.5, 0.6) is 0 Å². The Morgan fingerprint density at radius 3 is 2.26 bits per heavy atom. The number of nitrogens with zero attached hydrogens (tertiary/aromatic N) is 2. The number of para-hydroxylation sites is 1. The molecule has 1 saturated heterocycles. The van der Waals surface area contributed by atoms with Crippen molar-refractivity contribution in [3.05, 3.63) is 65.2 Å². The van der Waals surface area contributed by atoms with E-state index in [0.29, 0.717) is 5.56 Å². The molecule has 0 saturated carbocycles. The Labute approximate surface area is 137 Å². The maximum Gasteiger partial charge on any atom is 0.335 e. The van der Waals surface area contributed by atoms with Gasteiger partial charge in [-0.15, -0.1) is 0 Å². The Balaban J connectivity index is 1.57. The molecule has 1 N–H and O–H groups in total. The van der Waals surface area contributed by atoms with Crippen molar-refractivity contribution < 1.29 is 9.90 Å². The van der Waals surface area contributed by atoms with E-state index in [0.717, 1.165) is 32.7 Å². The maximum absolute atomic E-state index is 10.9. The summed E-state index contributed by atoms with van der Waals surface area (Å²) < 4.78 is 0. The van der Waals surface area contributed by atoms with Gasteiger partial charge >= 0.3 is 5.97 Å². The minimum atomic E-state index is -0.872. The summed E-state index contributed by atoms with van der Waals surface area (Å²) in [4.78, 5) is 15.7. The zero-order chi connectivity index (χ0) is 16.2. The number of aromatic carboxylic acids is 1. The molecule has 4 heteroatoms. The molecule has 2 aromatic rings. The molecule has 1 aliphatic rings. The van der Waals surface area contributed by atoms with Crippen molar-refractivity contribution in [2.45, 2.75) is 13.5 Å². The zero-order valence-electron chi connectivity index (χ0n) is 13.4. The number of anilines is 1. The molecule has 0 spiro atoms. The molecule has 0 amide bonds. The monoisotopic (exact) mass is 310 g/mol. The molecule has 1 heterocycles. The third-order valence-electron chi connectivity index (χ3n) is 4.44. The topological polar surface area (TPSA) is 43.8 Å². The van der Waals surface area contributed by atoms with Crippen molar-refractivity contribution in [1.82, 2.24) is 4.90 Å². The van der Waals surface area contributed by atoms with Crippen LogP contribution in [0.3, 0.4) is 0 Å². The molecule has 23 heavy (non-hydrogen) atoms. The average Bonchev–Trinajstić information content (AvgIpc) is 2.57. The van der Waals surface area contributed by atoms with Crippen LogP contribution in [0, 0.1) is 6.92 Å². The van der Waals surface area contributed by atoms with Gasteiger partial charge in [-0.2, -0.15) is 0 Å². The summed E-state index contributed by atoms with van der Waals surface area (Å²) in [7, 11) is 0. The van der Waals surface area contributed by atoms with E-state index in [9.17, 15) is 4.79 Å². The van der Waals surface area contributed by atoms with Gasteiger partial charge in [-0.25, -0.2) is 4.79 Å². The molecule has 0 radical (unpaired) electrons. The summed E-state index contributed by atoms with van der Waals surface area (Å²) in [6.45, 7) is 7.13. The van der Waals surface area contributed by atoms with Crippen molar-refractivity contribution in [2.75, 3.05) is 31.1 Å². The van der Waals surface area contributed by atoms with Crippen LogP contribution < -0.4 is 4.90 Å². The van der Waals surface area contributed by atoms with Gasteiger partial charge in [-0.1, -0.05) is 30.3 Å². The summed E-state index contributed by atoms with van der Waals surface area (Å²) in [6.07, 6.45) is 0. The second-order valence-corrected chi connectivity index (χ2v) is 6.05. The zero-order valence-corrected chi connectivity index (χ0v) is 13.4. The summed E-state index contributed by atoms with van der Waals surface area (Å²) in [6, 6.07) is 15.7. The molecule has 0 bridgehead atoms. The number of carboxylic acids is 1. The molecule has 1 fully saturated rings. The summed E-state index contributed by atoms with van der Waals surface area (Å²) in [5.41, 5.74) is 4.17. The molecule has 120 valence electrons. The summed E-state index contributed by atoms with van der Waals surface area (Å²) in [5, 5.41) is 8.94. The van der Waals surface area contributed by atoms with Gasteiger partial charge in [0.15, 0.2) is 0 Å². The molecule has 0 unspecified atom stereocenters. The minimum absolute atomic E-state index is 0.345. The molecule has 0 aliphatic carbocycles. The highest BCUT2D eigenvalue weighted by Gasteiger charge is 2.18. The van der Waals surface area contributed by atoms with E-state index in [1.54, 1.807) is 12.1 Å². The van der Waals surface area contributed by atoms with Crippen LogP contribution in [0.2, 0.25) is 0 Å². The number of hydrogen-bond donors (Lipinski definition) is 1. The Hall–Kier alpha value is -2.33. The van der Waals surface area contributed by atoms with Gasteiger partial charge < -0.3 is 10.0 Å². The highest BCUT2D eigenvalue weighted by atomic mass is 16.4. The lowest BCUT2D eigenvalue weighted by molar-refractivity contribution is 0.0697. The van der Waals surface area contributed by atoms with Gasteiger partial charge in [0.1, 0.15) is 0 Å². The standard InChI is InChI=1S/C19H22N2O2/c1-15-4-2-3-5-18(15)21-12-10-20(11-13-21)14-16-6-8-17(9-7-16)19(22)23/h2-9H,10-14H2,1H3,(H,22,23). The van der Waals surface area contributed by atoms with Crippen molar-refractivity contribution in [2.24, 2.45) is 0 Å². The van der Waals surface area contributed by atoms with Crippen molar-refractivity contribution >= 4 is 11.7 Å². The minimum Gasteiger partial charge on any atom is -0.478 e. The van der Waals surface area contributed by atoms with Crippen LogP contribution in [0.4, 0.5) is 5.69 Å². The number of hydrogen-bond acceptors (Lipinski definition) is 3. The Bertz CT molecular complexity index is 674. The number of rotatable bonds is 4. The first-order chi connectivity index (χ1) is 11.1. The lowest BCUT2D eigenvalue weighted by atomic mass is 10.1. The normalized spacial score (nSPS) is 15.6. The van der Waals surface area contributed by atoms with Crippen LogP contribution in [-0.2, 0) is 6.54 Å². The third kappa shape index (κ3) is 3.71. The maximum atomic E-state index is 10.9. The molecule has 0 atom stereocenters. The molecule has 1 aliphatic heterocycles. The molecular formula is C19H22N2O2. The molecular weight excluding hydrogens is 288 g/mol. The van der Waals surface area contributed by atoms with E-state index < -0.39 is 5.97 Å². The van der Waals surface area contributed by atoms with Crippen molar-refractivity contribution in [3.8, 4) is 0 Å². The van der Waals surface area contributed by atoms with Crippen molar-refractivity contribution in [1.29, 1.82) is 0 Å². The van der Waals surface area contributed by atoms with E-state index >= 15 is 0 Å². The molecule has 4 nitrogen and oxygen atoms in total. The van der Waals surface area contributed by atoms with E-state index in [1.807, 2.05) is 12.1 Å².